The number of nitrogens with one attached hydrogen (secondary N) is 2. The van der Waals surface area contributed by atoms with Crippen molar-refractivity contribution in [3.05, 3.63) is 77.0 Å². The minimum absolute atomic E-state index is 0.451. The fourth-order valence-corrected chi connectivity index (χ4v) is 4.19. The lowest BCUT2D eigenvalue weighted by Crippen LogP contribution is -2.18. The number of carbonyl (C=O) groups excluding carboxylic acids is 1. The Kier molecular flexibility index (Phi) is 4.78. The molecule has 0 spiro atoms. The molecule has 0 atom stereocenters. The fourth-order valence-electron chi connectivity index (χ4n) is 4.19. The first-order chi connectivity index (χ1) is 15.1. The summed E-state index contributed by atoms with van der Waals surface area (Å²) in [4.78, 5) is 21.7. The second-order valence-electron chi connectivity index (χ2n) is 7.81. The van der Waals surface area contributed by atoms with Crippen molar-refractivity contribution in [1.82, 2.24) is 14.4 Å². The molecule has 0 saturated heterocycles. The van der Waals surface area contributed by atoms with Crippen molar-refractivity contribution in [3.63, 3.8) is 0 Å². The van der Waals surface area contributed by atoms with Crippen LogP contribution in [0.1, 0.15) is 33.5 Å². The van der Waals surface area contributed by atoms with Crippen LogP contribution in [-0.2, 0) is 13.0 Å². The number of benzene rings is 1. The molecule has 0 aliphatic carbocycles. The fraction of sp³-hybridized carbons (Fsp3) is 0.208. The van der Waals surface area contributed by atoms with Gasteiger partial charge in [-0.2, -0.15) is 0 Å². The molecule has 0 unspecified atom stereocenters. The smallest absolute Gasteiger partial charge is 0.250 e. The second kappa shape index (κ2) is 7.75. The highest BCUT2D eigenvalue weighted by atomic mass is 16.1. The van der Waals surface area contributed by atoms with Crippen LogP contribution in [0.3, 0.4) is 0 Å². The molecule has 4 aromatic rings. The van der Waals surface area contributed by atoms with Gasteiger partial charge >= 0.3 is 0 Å². The van der Waals surface area contributed by atoms with E-state index in [-0.39, 0.29) is 0 Å². The zero-order valence-corrected chi connectivity index (χ0v) is 17.4. The van der Waals surface area contributed by atoms with E-state index in [1.54, 1.807) is 6.07 Å². The standard InChI is InChI=1S/C24H24N6O/c1-15-13-19-17(21(25)31)10-6-12-30(19)20(15)24-28-22-18(9-5-11-26-22)23(29-24)27-14-16-7-3-2-4-8-16/h2-4,6-8,10,12-13H,5,9,11,14H2,1H3,(H2,25,31)(H2,26,27,28,29). The molecule has 1 aromatic carbocycles. The molecule has 0 radical (unpaired) electrons. The number of aryl methyl sites for hydroxylation is 1. The Balaban J connectivity index is 1.62. The molecule has 156 valence electrons. The highest BCUT2D eigenvalue weighted by molar-refractivity contribution is 6.00. The highest BCUT2D eigenvalue weighted by Crippen LogP contribution is 2.32. The van der Waals surface area contributed by atoms with E-state index in [0.717, 1.165) is 53.4 Å². The SMILES string of the molecule is Cc1cc2c(C(N)=O)cccn2c1-c1nc2c(c(NCc3ccccc3)n1)CCCN2. The Labute approximate surface area is 180 Å². The predicted molar refractivity (Wildman–Crippen MR) is 122 cm³/mol. The van der Waals surface area contributed by atoms with E-state index in [2.05, 4.69) is 22.8 Å². The molecule has 1 aliphatic rings. The third-order valence-corrected chi connectivity index (χ3v) is 5.68. The number of pyridine rings is 1. The van der Waals surface area contributed by atoms with Gasteiger partial charge in [0.25, 0.3) is 5.91 Å². The van der Waals surface area contributed by atoms with Gasteiger partial charge in [0.1, 0.15) is 11.6 Å². The van der Waals surface area contributed by atoms with Crippen molar-refractivity contribution < 1.29 is 4.79 Å². The van der Waals surface area contributed by atoms with Crippen LogP contribution < -0.4 is 16.4 Å². The monoisotopic (exact) mass is 412 g/mol. The molecule has 0 saturated carbocycles. The maximum atomic E-state index is 11.9. The minimum atomic E-state index is -0.451. The number of amides is 1. The van der Waals surface area contributed by atoms with Gasteiger partial charge in [0, 0.05) is 24.8 Å². The molecule has 1 amide bonds. The van der Waals surface area contributed by atoms with Crippen LogP contribution in [0.4, 0.5) is 11.6 Å². The predicted octanol–water partition coefficient (Wildman–Crippen LogP) is 3.77. The number of nitrogens with two attached hydrogens (primary N) is 1. The van der Waals surface area contributed by atoms with E-state index in [9.17, 15) is 4.79 Å². The van der Waals surface area contributed by atoms with E-state index < -0.39 is 5.91 Å². The number of aromatic nitrogens is 3. The summed E-state index contributed by atoms with van der Waals surface area (Å²) in [5.74, 6) is 1.87. The largest absolute Gasteiger partial charge is 0.370 e. The lowest BCUT2D eigenvalue weighted by molar-refractivity contribution is 0.100. The summed E-state index contributed by atoms with van der Waals surface area (Å²) in [5.41, 5.74) is 11.0. The molecular weight excluding hydrogens is 388 g/mol. The molecule has 3 aromatic heterocycles. The molecule has 31 heavy (non-hydrogen) atoms. The number of anilines is 2. The number of primary amides is 1. The summed E-state index contributed by atoms with van der Waals surface area (Å²) in [6.45, 7) is 3.57. The van der Waals surface area contributed by atoms with Crippen molar-refractivity contribution in [2.24, 2.45) is 5.73 Å². The normalized spacial score (nSPS) is 12.9. The average Bonchev–Trinajstić information content (AvgIpc) is 3.13. The number of carbonyl (C=O) groups is 1. The van der Waals surface area contributed by atoms with Gasteiger partial charge in [-0.15, -0.1) is 0 Å². The third kappa shape index (κ3) is 3.48. The molecular formula is C24H24N6O. The molecule has 5 rings (SSSR count). The van der Waals surface area contributed by atoms with Gasteiger partial charge in [-0.1, -0.05) is 30.3 Å². The Morgan fingerprint density at radius 2 is 2.03 bits per heavy atom. The summed E-state index contributed by atoms with van der Waals surface area (Å²) < 4.78 is 1.95. The zero-order valence-electron chi connectivity index (χ0n) is 17.4. The molecule has 4 heterocycles. The van der Waals surface area contributed by atoms with Gasteiger partial charge in [0.2, 0.25) is 0 Å². The first kappa shape index (κ1) is 19.1. The summed E-state index contributed by atoms with van der Waals surface area (Å²) in [7, 11) is 0. The van der Waals surface area contributed by atoms with E-state index >= 15 is 0 Å². The summed E-state index contributed by atoms with van der Waals surface area (Å²) >= 11 is 0. The Morgan fingerprint density at radius 3 is 2.84 bits per heavy atom. The number of hydrogen-bond donors (Lipinski definition) is 3. The number of nitrogens with zero attached hydrogens (tertiary/aromatic N) is 3. The van der Waals surface area contributed by atoms with Crippen LogP contribution >= 0.6 is 0 Å². The first-order valence-corrected chi connectivity index (χ1v) is 10.5. The van der Waals surface area contributed by atoms with Crippen LogP contribution in [0.25, 0.3) is 17.0 Å². The number of hydrogen-bond acceptors (Lipinski definition) is 5. The van der Waals surface area contributed by atoms with Crippen LogP contribution in [0.15, 0.2) is 54.7 Å². The van der Waals surface area contributed by atoms with Gasteiger partial charge in [-0.3, -0.25) is 4.79 Å². The number of rotatable bonds is 5. The van der Waals surface area contributed by atoms with Crippen molar-refractivity contribution in [2.75, 3.05) is 17.2 Å². The molecule has 4 N–H and O–H groups in total. The van der Waals surface area contributed by atoms with Gasteiger partial charge in [0.05, 0.1) is 16.8 Å². The Hall–Kier alpha value is -3.87. The Morgan fingerprint density at radius 1 is 1.19 bits per heavy atom. The lowest BCUT2D eigenvalue weighted by Gasteiger charge is -2.21. The van der Waals surface area contributed by atoms with Crippen molar-refractivity contribution in [2.45, 2.75) is 26.3 Å². The maximum absolute atomic E-state index is 11.9. The van der Waals surface area contributed by atoms with Crippen molar-refractivity contribution >= 4 is 23.1 Å². The average molecular weight is 412 g/mol. The summed E-state index contributed by atoms with van der Waals surface area (Å²) in [6, 6.07) is 15.8. The van der Waals surface area contributed by atoms with Gasteiger partial charge in [-0.05, 0) is 49.1 Å². The van der Waals surface area contributed by atoms with E-state index in [4.69, 9.17) is 15.7 Å². The van der Waals surface area contributed by atoms with Gasteiger partial charge in [0.15, 0.2) is 5.82 Å². The lowest BCUT2D eigenvalue weighted by atomic mass is 10.1. The Bertz CT molecular complexity index is 1280. The first-order valence-electron chi connectivity index (χ1n) is 10.5. The molecule has 7 nitrogen and oxygen atoms in total. The molecule has 0 fully saturated rings. The second-order valence-corrected chi connectivity index (χ2v) is 7.81. The van der Waals surface area contributed by atoms with E-state index in [1.165, 1.54) is 5.56 Å². The quantitative estimate of drug-likeness (QED) is 0.464. The van der Waals surface area contributed by atoms with E-state index in [0.29, 0.717) is 17.9 Å². The molecule has 1 aliphatic heterocycles. The van der Waals surface area contributed by atoms with Crippen molar-refractivity contribution in [1.29, 1.82) is 0 Å². The third-order valence-electron chi connectivity index (χ3n) is 5.68. The number of fused-ring (bicyclic) bond motifs is 2. The van der Waals surface area contributed by atoms with Crippen LogP contribution in [0.5, 0.6) is 0 Å². The topological polar surface area (TPSA) is 97.3 Å². The minimum Gasteiger partial charge on any atom is -0.370 e. The molecule has 0 bridgehead atoms. The van der Waals surface area contributed by atoms with Crippen LogP contribution in [0.2, 0.25) is 0 Å². The van der Waals surface area contributed by atoms with Crippen molar-refractivity contribution in [3.8, 4) is 11.5 Å². The van der Waals surface area contributed by atoms with Gasteiger partial charge in [-0.25, -0.2) is 9.97 Å². The highest BCUT2D eigenvalue weighted by Gasteiger charge is 2.22. The summed E-state index contributed by atoms with van der Waals surface area (Å²) in [6.07, 6.45) is 3.89. The zero-order chi connectivity index (χ0) is 21.4. The summed E-state index contributed by atoms with van der Waals surface area (Å²) in [5, 5.41) is 6.94. The molecule has 7 heteroatoms. The van der Waals surface area contributed by atoms with E-state index in [1.807, 2.05) is 47.9 Å². The van der Waals surface area contributed by atoms with Crippen LogP contribution in [-0.4, -0.2) is 26.8 Å². The van der Waals surface area contributed by atoms with Gasteiger partial charge < -0.3 is 20.8 Å². The van der Waals surface area contributed by atoms with Crippen LogP contribution in [0, 0.1) is 6.92 Å². The maximum Gasteiger partial charge on any atom is 0.250 e.